The van der Waals surface area contributed by atoms with Crippen LogP contribution < -0.4 is 10.1 Å². The van der Waals surface area contributed by atoms with Crippen LogP contribution in [0.2, 0.25) is 5.02 Å². The zero-order chi connectivity index (χ0) is 24.4. The van der Waals surface area contributed by atoms with Crippen molar-refractivity contribution in [2.45, 2.75) is 32.9 Å². The number of pyridine rings is 1. The van der Waals surface area contributed by atoms with Crippen molar-refractivity contribution in [3.05, 3.63) is 76.3 Å². The Hall–Kier alpha value is -3.10. The third-order valence-corrected chi connectivity index (χ3v) is 6.56. The molecule has 2 aromatic heterocycles. The van der Waals surface area contributed by atoms with Gasteiger partial charge in [-0.15, -0.1) is 0 Å². The first-order chi connectivity index (χ1) is 16.3. The predicted octanol–water partition coefficient (Wildman–Crippen LogP) is 4.69. The van der Waals surface area contributed by atoms with Crippen molar-refractivity contribution in [2.24, 2.45) is 0 Å². The Bertz CT molecular complexity index is 1210. The van der Waals surface area contributed by atoms with E-state index in [1.165, 1.54) is 0 Å². The molecule has 3 aromatic rings. The van der Waals surface area contributed by atoms with Crippen molar-refractivity contribution < 1.29 is 14.3 Å². The molecule has 0 spiro atoms. The fourth-order valence-electron chi connectivity index (χ4n) is 4.56. The first-order valence-electron chi connectivity index (χ1n) is 11.0. The Morgan fingerprint density at radius 1 is 1.24 bits per heavy atom. The first kappa shape index (κ1) is 24.0. The molecule has 1 aliphatic heterocycles. The van der Waals surface area contributed by atoms with Crippen LogP contribution in [0.15, 0.2) is 48.7 Å². The molecule has 1 aromatic carbocycles. The van der Waals surface area contributed by atoms with Gasteiger partial charge in [-0.3, -0.25) is 9.78 Å². The van der Waals surface area contributed by atoms with Gasteiger partial charge in [-0.05, 0) is 75.0 Å². The maximum absolute atomic E-state index is 12.5. The van der Waals surface area contributed by atoms with Crippen LogP contribution in [0.3, 0.4) is 0 Å². The summed E-state index contributed by atoms with van der Waals surface area (Å²) in [6, 6.07) is 12.9. The van der Waals surface area contributed by atoms with E-state index in [2.05, 4.69) is 20.9 Å². The van der Waals surface area contributed by atoms with Crippen molar-refractivity contribution in [3.8, 4) is 11.4 Å². The lowest BCUT2D eigenvalue weighted by Gasteiger charge is -2.27. The molecule has 178 valence electrons. The van der Waals surface area contributed by atoms with E-state index < -0.39 is 0 Å². The molecule has 0 radical (unpaired) electrons. The largest absolute Gasteiger partial charge is 0.495 e. The van der Waals surface area contributed by atoms with E-state index in [0.717, 1.165) is 28.3 Å². The smallest absolute Gasteiger partial charge is 0.325 e. The van der Waals surface area contributed by atoms with E-state index in [0.29, 0.717) is 22.5 Å². The molecule has 1 fully saturated rings. The molecule has 34 heavy (non-hydrogen) atoms. The summed E-state index contributed by atoms with van der Waals surface area (Å²) in [5, 5.41) is 4.48. The van der Waals surface area contributed by atoms with Crippen LogP contribution in [0.25, 0.3) is 5.69 Å². The number of esters is 1. The van der Waals surface area contributed by atoms with E-state index in [1.807, 2.05) is 49.1 Å². The van der Waals surface area contributed by atoms with Gasteiger partial charge in [0.05, 0.1) is 37.2 Å². The molecule has 0 bridgehead atoms. The second-order valence-corrected chi connectivity index (χ2v) is 8.86. The number of aromatic nitrogens is 2. The van der Waals surface area contributed by atoms with Gasteiger partial charge < -0.3 is 24.3 Å². The van der Waals surface area contributed by atoms with Crippen LogP contribution in [-0.4, -0.2) is 45.8 Å². The maximum Gasteiger partial charge on any atom is 0.325 e. The number of nitrogens with one attached hydrogen (secondary N) is 1. The number of methoxy groups -OCH3 is 1. The summed E-state index contributed by atoms with van der Waals surface area (Å²) < 4.78 is 13.0. The second-order valence-electron chi connectivity index (χ2n) is 8.04. The number of halogens is 1. The van der Waals surface area contributed by atoms with Crippen molar-refractivity contribution >= 4 is 34.9 Å². The molecule has 0 unspecified atom stereocenters. The van der Waals surface area contributed by atoms with Gasteiger partial charge in [0.15, 0.2) is 5.11 Å². The minimum atomic E-state index is -0.330. The van der Waals surface area contributed by atoms with E-state index in [1.54, 1.807) is 26.3 Å². The summed E-state index contributed by atoms with van der Waals surface area (Å²) in [4.78, 5) is 18.9. The van der Waals surface area contributed by atoms with Crippen LogP contribution in [-0.2, 0) is 9.53 Å². The Balaban J connectivity index is 1.85. The average molecular weight is 499 g/mol. The molecule has 0 amide bonds. The van der Waals surface area contributed by atoms with Crippen LogP contribution >= 0.6 is 23.8 Å². The molecule has 1 N–H and O–H groups in total. The number of ether oxygens (including phenoxy) is 2. The molecule has 1 saturated heterocycles. The second kappa shape index (κ2) is 10.0. The molecule has 9 heteroatoms. The monoisotopic (exact) mass is 498 g/mol. The number of carbonyl (C=O) groups is 1. The SMILES string of the molecule is CCOC(=O)CN1C(=S)N[C@@H](c2ccccn2)[C@H]1c1cc(C)n(-c2cc(Cl)ccc2OC)c1C. The van der Waals surface area contributed by atoms with Gasteiger partial charge >= 0.3 is 5.97 Å². The Morgan fingerprint density at radius 2 is 2.03 bits per heavy atom. The van der Waals surface area contributed by atoms with Gasteiger partial charge in [0.25, 0.3) is 0 Å². The van der Waals surface area contributed by atoms with E-state index in [-0.39, 0.29) is 24.6 Å². The average Bonchev–Trinajstić information content (AvgIpc) is 3.29. The lowest BCUT2D eigenvalue weighted by Crippen LogP contribution is -2.35. The summed E-state index contributed by atoms with van der Waals surface area (Å²) in [5.74, 6) is 0.381. The molecule has 3 heterocycles. The van der Waals surface area contributed by atoms with Crippen molar-refractivity contribution in [1.29, 1.82) is 0 Å². The highest BCUT2D eigenvalue weighted by atomic mass is 35.5. The lowest BCUT2D eigenvalue weighted by atomic mass is 9.97. The van der Waals surface area contributed by atoms with E-state index in [4.69, 9.17) is 33.3 Å². The van der Waals surface area contributed by atoms with Crippen molar-refractivity contribution in [3.63, 3.8) is 0 Å². The molecule has 0 aliphatic carbocycles. The Kier molecular flexibility index (Phi) is 7.09. The number of thiocarbonyl (C=S) groups is 1. The van der Waals surface area contributed by atoms with Crippen molar-refractivity contribution in [2.75, 3.05) is 20.3 Å². The zero-order valence-corrected chi connectivity index (χ0v) is 21.1. The van der Waals surface area contributed by atoms with Crippen LogP contribution in [0, 0.1) is 13.8 Å². The van der Waals surface area contributed by atoms with Crippen molar-refractivity contribution in [1.82, 2.24) is 19.8 Å². The Morgan fingerprint density at radius 3 is 2.71 bits per heavy atom. The number of rotatable bonds is 7. The predicted molar refractivity (Wildman–Crippen MR) is 136 cm³/mol. The highest BCUT2D eigenvalue weighted by Crippen LogP contribution is 2.42. The third kappa shape index (κ3) is 4.48. The van der Waals surface area contributed by atoms with Gasteiger partial charge in [0, 0.05) is 22.6 Å². The normalized spacial score (nSPS) is 17.6. The summed E-state index contributed by atoms with van der Waals surface area (Å²) in [6.07, 6.45) is 1.76. The summed E-state index contributed by atoms with van der Waals surface area (Å²) in [6.45, 7) is 6.21. The Labute approximate surface area is 209 Å². The van der Waals surface area contributed by atoms with E-state index in [9.17, 15) is 4.79 Å². The maximum atomic E-state index is 12.5. The highest BCUT2D eigenvalue weighted by molar-refractivity contribution is 7.80. The number of benzene rings is 1. The molecule has 4 rings (SSSR count). The molecule has 2 atom stereocenters. The lowest BCUT2D eigenvalue weighted by molar-refractivity contribution is -0.143. The van der Waals surface area contributed by atoms with Gasteiger partial charge in [0.1, 0.15) is 12.3 Å². The van der Waals surface area contributed by atoms with Gasteiger partial charge in [-0.1, -0.05) is 17.7 Å². The molecule has 7 nitrogen and oxygen atoms in total. The topological polar surface area (TPSA) is 68.6 Å². The number of aryl methyl sites for hydroxylation is 1. The fraction of sp³-hybridized carbons (Fsp3) is 0.320. The summed E-state index contributed by atoms with van der Waals surface area (Å²) >= 11 is 12.0. The highest BCUT2D eigenvalue weighted by Gasteiger charge is 2.42. The van der Waals surface area contributed by atoms with Gasteiger partial charge in [0.2, 0.25) is 0 Å². The molecule has 0 saturated carbocycles. The van der Waals surface area contributed by atoms with Crippen LogP contribution in [0.4, 0.5) is 0 Å². The molecular weight excluding hydrogens is 472 g/mol. The summed E-state index contributed by atoms with van der Waals surface area (Å²) in [5.41, 5.74) is 4.69. The number of carbonyl (C=O) groups excluding carboxylic acids is 1. The first-order valence-corrected chi connectivity index (χ1v) is 11.8. The minimum absolute atomic E-state index is 0.0395. The zero-order valence-electron chi connectivity index (χ0n) is 19.5. The summed E-state index contributed by atoms with van der Waals surface area (Å²) in [7, 11) is 1.64. The number of hydrogen-bond donors (Lipinski definition) is 1. The molecule has 1 aliphatic rings. The van der Waals surface area contributed by atoms with Gasteiger partial charge in [-0.2, -0.15) is 0 Å². The minimum Gasteiger partial charge on any atom is -0.495 e. The van der Waals surface area contributed by atoms with Crippen LogP contribution in [0.1, 0.15) is 41.7 Å². The third-order valence-electron chi connectivity index (χ3n) is 5.97. The standard InChI is InChI=1S/C25H27ClN4O3S/c1-5-33-22(31)14-29-24(23(28-25(29)34)19-8-6-7-11-27-19)18-12-15(2)30(16(18)3)20-13-17(26)9-10-21(20)32-4/h6-13,23-24H,5,14H2,1-4H3,(H,28,34)/t23-,24+/m0/s1. The van der Waals surface area contributed by atoms with Gasteiger partial charge in [-0.25, -0.2) is 0 Å². The van der Waals surface area contributed by atoms with Crippen LogP contribution in [0.5, 0.6) is 5.75 Å². The number of nitrogens with zero attached hydrogens (tertiary/aromatic N) is 3. The number of hydrogen-bond acceptors (Lipinski definition) is 5. The fourth-order valence-corrected chi connectivity index (χ4v) is 5.03. The quantitative estimate of drug-likeness (QED) is 0.374. The molecular formula is C25H27ClN4O3S. The van der Waals surface area contributed by atoms with E-state index >= 15 is 0 Å².